The van der Waals surface area contributed by atoms with E-state index in [4.69, 9.17) is 14.2 Å². The number of ether oxygens (including phenoxy) is 3. The van der Waals surface area contributed by atoms with Crippen LogP contribution in [0.15, 0.2) is 122 Å². The molecule has 0 radical (unpaired) electrons. The first-order valence-corrected chi connectivity index (χ1v) is 30.0. The molecule has 6 heteroatoms. The van der Waals surface area contributed by atoms with E-state index < -0.39 is 6.10 Å². The van der Waals surface area contributed by atoms with Crippen molar-refractivity contribution in [1.82, 2.24) is 0 Å². The Morgan fingerprint density at radius 1 is 0.288 bits per heavy atom. The van der Waals surface area contributed by atoms with Crippen molar-refractivity contribution in [2.75, 3.05) is 13.2 Å². The smallest absolute Gasteiger partial charge is 0.306 e. The standard InChI is InChI=1S/C67H110O6/c1-4-7-10-13-16-19-22-25-28-30-31-32-33-34-35-36-37-38-40-42-45-48-51-54-57-60-66(69)72-63-64(62-71-65(68)59-56-53-50-47-44-41-27-24-21-18-15-12-9-6-3)73-67(70)61-58-55-52-49-46-43-39-29-26-23-20-17-14-11-8-5-2/h7,10,15-16,18-20,23-25,27-29,31-32,34-35,37-39,64H,4-6,8-9,11-14,17,21-22,26,30,33,36,40-63H2,1-3H3/b10-7-,18-15-,19-16-,23-20-,27-24-,28-25-,32-31-,35-34-,38-37-,39-29-. The van der Waals surface area contributed by atoms with E-state index in [1.54, 1.807) is 0 Å². The molecule has 0 aromatic heterocycles. The molecule has 0 heterocycles. The molecule has 0 spiro atoms. The second-order valence-corrected chi connectivity index (χ2v) is 19.5. The summed E-state index contributed by atoms with van der Waals surface area (Å²) in [5.41, 5.74) is 0. The molecule has 0 rings (SSSR count). The van der Waals surface area contributed by atoms with Crippen molar-refractivity contribution >= 4 is 17.9 Å². The van der Waals surface area contributed by atoms with Crippen LogP contribution in [-0.2, 0) is 28.6 Å². The minimum absolute atomic E-state index is 0.0984. The Bertz CT molecular complexity index is 1540. The molecule has 1 unspecified atom stereocenters. The maximum absolute atomic E-state index is 12.9. The third-order valence-corrected chi connectivity index (χ3v) is 12.4. The van der Waals surface area contributed by atoms with Crippen molar-refractivity contribution in [1.29, 1.82) is 0 Å². The van der Waals surface area contributed by atoms with Gasteiger partial charge in [0, 0.05) is 19.3 Å². The third kappa shape index (κ3) is 58.6. The summed E-state index contributed by atoms with van der Waals surface area (Å²) in [6.45, 7) is 6.43. The first-order chi connectivity index (χ1) is 36.0. The molecule has 0 bridgehead atoms. The second kappa shape index (κ2) is 60.4. The van der Waals surface area contributed by atoms with E-state index >= 15 is 0 Å². The van der Waals surface area contributed by atoms with Crippen molar-refractivity contribution in [3.63, 3.8) is 0 Å². The van der Waals surface area contributed by atoms with Gasteiger partial charge in [0.25, 0.3) is 0 Å². The highest BCUT2D eigenvalue weighted by molar-refractivity contribution is 5.71. The van der Waals surface area contributed by atoms with Crippen LogP contribution in [0.25, 0.3) is 0 Å². The Labute approximate surface area is 450 Å². The molecule has 0 aliphatic rings. The van der Waals surface area contributed by atoms with Gasteiger partial charge in [0.2, 0.25) is 0 Å². The monoisotopic (exact) mass is 1010 g/mol. The summed E-state index contributed by atoms with van der Waals surface area (Å²) in [7, 11) is 0. The van der Waals surface area contributed by atoms with E-state index in [1.807, 2.05) is 0 Å². The summed E-state index contributed by atoms with van der Waals surface area (Å²) < 4.78 is 16.9. The maximum Gasteiger partial charge on any atom is 0.306 e. The van der Waals surface area contributed by atoms with E-state index in [2.05, 4.69) is 142 Å². The molecule has 6 nitrogen and oxygen atoms in total. The van der Waals surface area contributed by atoms with Gasteiger partial charge in [0.15, 0.2) is 6.10 Å². The molecule has 73 heavy (non-hydrogen) atoms. The van der Waals surface area contributed by atoms with Gasteiger partial charge in [-0.1, -0.05) is 239 Å². The molecule has 414 valence electrons. The highest BCUT2D eigenvalue weighted by Gasteiger charge is 2.19. The Hall–Kier alpha value is -4.19. The second-order valence-electron chi connectivity index (χ2n) is 19.5. The quantitative estimate of drug-likeness (QED) is 0.0261. The molecule has 0 fully saturated rings. The zero-order valence-electron chi connectivity index (χ0n) is 47.4. The fourth-order valence-electron chi connectivity index (χ4n) is 7.90. The molecule has 1 atom stereocenters. The summed E-state index contributed by atoms with van der Waals surface area (Å²) in [6.07, 6.45) is 83.3. The zero-order valence-corrected chi connectivity index (χ0v) is 47.4. The highest BCUT2D eigenvalue weighted by atomic mass is 16.6. The number of carbonyl (C=O) groups is 3. The van der Waals surface area contributed by atoms with Crippen molar-refractivity contribution < 1.29 is 28.6 Å². The van der Waals surface area contributed by atoms with Gasteiger partial charge in [-0.15, -0.1) is 0 Å². The van der Waals surface area contributed by atoms with Gasteiger partial charge in [-0.2, -0.15) is 0 Å². The minimum atomic E-state index is -0.802. The van der Waals surface area contributed by atoms with Gasteiger partial charge < -0.3 is 14.2 Å². The largest absolute Gasteiger partial charge is 0.462 e. The lowest BCUT2D eigenvalue weighted by Gasteiger charge is -2.18. The SMILES string of the molecule is CC/C=C\C/C=C\C/C=C\C/C=C\C/C=C\C/C=C\CCCCCCCCC(=O)OCC(COC(=O)CCCCCCC/C=C\C/C=C\CCCC)OC(=O)CCCCCCC/C=C\C/C=C\CCCCCC. The Morgan fingerprint density at radius 2 is 0.548 bits per heavy atom. The van der Waals surface area contributed by atoms with E-state index in [-0.39, 0.29) is 31.1 Å². The third-order valence-electron chi connectivity index (χ3n) is 12.4. The lowest BCUT2D eigenvalue weighted by atomic mass is 10.1. The molecular weight excluding hydrogens is 901 g/mol. The summed E-state index contributed by atoms with van der Waals surface area (Å²) >= 11 is 0. The van der Waals surface area contributed by atoms with Crippen LogP contribution in [0.3, 0.4) is 0 Å². The number of allylic oxidation sites excluding steroid dienone is 20. The summed E-state index contributed by atoms with van der Waals surface area (Å²) in [4.78, 5) is 38.2. The van der Waals surface area contributed by atoms with Crippen LogP contribution in [0.1, 0.15) is 265 Å². The maximum atomic E-state index is 12.9. The van der Waals surface area contributed by atoms with Gasteiger partial charge in [-0.05, 0) is 128 Å². The number of hydrogen-bond donors (Lipinski definition) is 0. The molecular formula is C67H110O6. The summed E-state index contributed by atoms with van der Waals surface area (Å²) in [5.74, 6) is -0.940. The molecule has 0 aliphatic carbocycles. The van der Waals surface area contributed by atoms with E-state index in [9.17, 15) is 14.4 Å². The fraction of sp³-hybridized carbons (Fsp3) is 0.657. The van der Waals surface area contributed by atoms with Crippen LogP contribution in [0.5, 0.6) is 0 Å². The Balaban J connectivity index is 4.42. The molecule has 0 saturated carbocycles. The topological polar surface area (TPSA) is 78.9 Å². The molecule has 0 amide bonds. The molecule has 0 aliphatic heterocycles. The summed E-state index contributed by atoms with van der Waals surface area (Å²) in [5, 5.41) is 0. The van der Waals surface area contributed by atoms with Gasteiger partial charge in [0.1, 0.15) is 13.2 Å². The normalized spacial score (nSPS) is 13.0. The number of unbranched alkanes of at least 4 members (excludes halogenated alkanes) is 22. The number of hydrogen-bond acceptors (Lipinski definition) is 6. The van der Waals surface area contributed by atoms with Crippen molar-refractivity contribution in [2.45, 2.75) is 271 Å². The minimum Gasteiger partial charge on any atom is -0.462 e. The fourth-order valence-corrected chi connectivity index (χ4v) is 7.90. The van der Waals surface area contributed by atoms with E-state index in [0.717, 1.165) is 161 Å². The molecule has 0 aromatic rings. The van der Waals surface area contributed by atoms with Crippen molar-refractivity contribution in [3.8, 4) is 0 Å². The number of carbonyl (C=O) groups excluding carboxylic acids is 3. The average molecular weight is 1010 g/mol. The van der Waals surface area contributed by atoms with Crippen molar-refractivity contribution in [3.05, 3.63) is 122 Å². The van der Waals surface area contributed by atoms with Crippen LogP contribution in [0.2, 0.25) is 0 Å². The van der Waals surface area contributed by atoms with Gasteiger partial charge in [0.05, 0.1) is 0 Å². The zero-order chi connectivity index (χ0) is 52.9. The number of esters is 3. The van der Waals surface area contributed by atoms with Crippen LogP contribution in [0.4, 0.5) is 0 Å². The van der Waals surface area contributed by atoms with Gasteiger partial charge in [-0.25, -0.2) is 0 Å². The van der Waals surface area contributed by atoms with Crippen molar-refractivity contribution in [2.24, 2.45) is 0 Å². The Morgan fingerprint density at radius 3 is 0.877 bits per heavy atom. The molecule has 0 aromatic carbocycles. The predicted molar refractivity (Wildman–Crippen MR) is 316 cm³/mol. The van der Waals surface area contributed by atoms with Gasteiger partial charge in [-0.3, -0.25) is 14.4 Å². The van der Waals surface area contributed by atoms with Crippen LogP contribution in [0, 0.1) is 0 Å². The lowest BCUT2D eigenvalue weighted by Crippen LogP contribution is -2.30. The highest BCUT2D eigenvalue weighted by Crippen LogP contribution is 2.14. The molecule has 0 N–H and O–H groups in total. The molecule has 0 saturated heterocycles. The van der Waals surface area contributed by atoms with E-state index in [1.165, 1.54) is 64.2 Å². The van der Waals surface area contributed by atoms with E-state index in [0.29, 0.717) is 19.3 Å². The summed E-state index contributed by atoms with van der Waals surface area (Å²) in [6, 6.07) is 0. The average Bonchev–Trinajstić information content (AvgIpc) is 3.39. The first kappa shape index (κ1) is 68.8. The number of rotatable bonds is 53. The predicted octanol–water partition coefficient (Wildman–Crippen LogP) is 20.4. The first-order valence-electron chi connectivity index (χ1n) is 30.0. The van der Waals surface area contributed by atoms with Gasteiger partial charge >= 0.3 is 17.9 Å². The van der Waals surface area contributed by atoms with Crippen LogP contribution in [-0.4, -0.2) is 37.2 Å². The Kier molecular flexibility index (Phi) is 56.9. The van der Waals surface area contributed by atoms with Crippen LogP contribution < -0.4 is 0 Å². The van der Waals surface area contributed by atoms with Crippen LogP contribution >= 0.6 is 0 Å². The lowest BCUT2D eigenvalue weighted by molar-refractivity contribution is -0.167.